The number of rotatable bonds is 16. The summed E-state index contributed by atoms with van der Waals surface area (Å²) in [5.41, 5.74) is 0. The van der Waals surface area contributed by atoms with Gasteiger partial charge in [0.25, 0.3) is 0 Å². The van der Waals surface area contributed by atoms with Gasteiger partial charge in [0.15, 0.2) is 0 Å². The van der Waals surface area contributed by atoms with Gasteiger partial charge in [-0.1, -0.05) is 60.3 Å². The Labute approximate surface area is 176 Å². The van der Waals surface area contributed by atoms with Gasteiger partial charge in [0.1, 0.15) is 12.1 Å². The van der Waals surface area contributed by atoms with Crippen molar-refractivity contribution >= 4 is 18.0 Å². The van der Waals surface area contributed by atoms with E-state index in [1.54, 1.807) is 0 Å². The largest absolute Gasteiger partial charge is 0.464 e. The number of carbonyl (C=O) groups is 3. The minimum atomic E-state index is -0.725. The Morgan fingerprint density at radius 1 is 0.724 bits per heavy atom. The zero-order valence-corrected chi connectivity index (χ0v) is 19.1. The van der Waals surface area contributed by atoms with Gasteiger partial charge in [-0.15, -0.1) is 0 Å². The molecule has 0 aromatic rings. The number of hydrogen-bond acceptors (Lipinski definition) is 5. The van der Waals surface area contributed by atoms with E-state index >= 15 is 0 Å². The summed E-state index contributed by atoms with van der Waals surface area (Å²) in [5, 5.41) is 5.41. The second kappa shape index (κ2) is 17.1. The van der Waals surface area contributed by atoms with Crippen LogP contribution in [0, 0.1) is 5.92 Å². The lowest BCUT2D eigenvalue weighted by atomic mass is 10.1. The highest BCUT2D eigenvalue weighted by atomic mass is 16.5. The van der Waals surface area contributed by atoms with E-state index in [-0.39, 0.29) is 5.91 Å². The molecule has 7 heteroatoms. The van der Waals surface area contributed by atoms with Gasteiger partial charge in [0, 0.05) is 0 Å². The SMILES string of the molecule is CCCCC(NC(=O)OCCC)C(=O)NC(CCCC)C(=O)OCCCC(C)C. The fraction of sp³-hybridized carbons (Fsp3) is 0.864. The van der Waals surface area contributed by atoms with Crippen LogP contribution in [0.15, 0.2) is 0 Å². The Morgan fingerprint density at radius 2 is 1.34 bits per heavy atom. The van der Waals surface area contributed by atoms with Crippen LogP contribution in [0.5, 0.6) is 0 Å². The van der Waals surface area contributed by atoms with Crippen molar-refractivity contribution in [1.82, 2.24) is 10.6 Å². The molecule has 0 fully saturated rings. The fourth-order valence-corrected chi connectivity index (χ4v) is 2.75. The van der Waals surface area contributed by atoms with Gasteiger partial charge in [-0.2, -0.15) is 0 Å². The van der Waals surface area contributed by atoms with Crippen molar-refractivity contribution < 1.29 is 23.9 Å². The Morgan fingerprint density at radius 3 is 1.90 bits per heavy atom. The predicted molar refractivity (Wildman–Crippen MR) is 115 cm³/mol. The quantitative estimate of drug-likeness (QED) is 0.289. The Bertz CT molecular complexity index is 468. The molecule has 0 heterocycles. The number of esters is 1. The van der Waals surface area contributed by atoms with E-state index in [0.29, 0.717) is 38.4 Å². The number of hydrogen-bond donors (Lipinski definition) is 2. The van der Waals surface area contributed by atoms with Gasteiger partial charge in [-0.05, 0) is 38.0 Å². The molecule has 170 valence electrons. The third-order valence-corrected chi connectivity index (χ3v) is 4.51. The van der Waals surface area contributed by atoms with E-state index in [1.165, 1.54) is 0 Å². The van der Waals surface area contributed by atoms with Crippen molar-refractivity contribution in [3.63, 3.8) is 0 Å². The molecule has 2 amide bonds. The molecule has 2 atom stereocenters. The van der Waals surface area contributed by atoms with Crippen molar-refractivity contribution in [3.8, 4) is 0 Å². The highest BCUT2D eigenvalue weighted by Crippen LogP contribution is 2.08. The van der Waals surface area contributed by atoms with Crippen LogP contribution >= 0.6 is 0 Å². The van der Waals surface area contributed by atoms with Gasteiger partial charge in [-0.3, -0.25) is 4.79 Å². The van der Waals surface area contributed by atoms with E-state index in [2.05, 4.69) is 24.5 Å². The second-order valence-electron chi connectivity index (χ2n) is 7.88. The summed E-state index contributed by atoms with van der Waals surface area (Å²) in [4.78, 5) is 37.1. The molecule has 0 rings (SSSR count). The first-order valence-electron chi connectivity index (χ1n) is 11.3. The minimum absolute atomic E-state index is 0.301. The highest BCUT2D eigenvalue weighted by molar-refractivity contribution is 5.89. The summed E-state index contributed by atoms with van der Waals surface area (Å²) in [6.07, 6.45) is 6.30. The van der Waals surface area contributed by atoms with E-state index in [4.69, 9.17) is 9.47 Å². The van der Waals surface area contributed by atoms with Crippen molar-refractivity contribution in [2.24, 2.45) is 5.92 Å². The molecular weight excluding hydrogens is 372 g/mol. The zero-order valence-electron chi connectivity index (χ0n) is 19.1. The smallest absolute Gasteiger partial charge is 0.407 e. The summed E-state index contributed by atoms with van der Waals surface area (Å²) in [6.45, 7) is 10.9. The molecule has 0 aromatic heterocycles. The summed E-state index contributed by atoms with van der Waals surface area (Å²) in [5.74, 6) is -0.215. The maximum atomic E-state index is 12.8. The van der Waals surface area contributed by atoms with E-state index in [0.717, 1.165) is 38.5 Å². The van der Waals surface area contributed by atoms with Crippen molar-refractivity contribution in [1.29, 1.82) is 0 Å². The monoisotopic (exact) mass is 414 g/mol. The van der Waals surface area contributed by atoms with E-state index < -0.39 is 24.1 Å². The molecule has 0 aromatic carbocycles. The summed E-state index contributed by atoms with van der Waals surface area (Å²) >= 11 is 0. The molecule has 7 nitrogen and oxygen atoms in total. The van der Waals surface area contributed by atoms with Gasteiger partial charge in [0.2, 0.25) is 5.91 Å². The highest BCUT2D eigenvalue weighted by Gasteiger charge is 2.27. The molecule has 0 aliphatic heterocycles. The maximum Gasteiger partial charge on any atom is 0.407 e. The minimum Gasteiger partial charge on any atom is -0.464 e. The first-order valence-corrected chi connectivity index (χ1v) is 11.3. The molecule has 29 heavy (non-hydrogen) atoms. The molecule has 0 radical (unpaired) electrons. The van der Waals surface area contributed by atoms with Crippen LogP contribution in [0.2, 0.25) is 0 Å². The number of carbonyl (C=O) groups excluding carboxylic acids is 3. The van der Waals surface area contributed by atoms with Gasteiger partial charge in [-0.25, -0.2) is 9.59 Å². The van der Waals surface area contributed by atoms with Crippen LogP contribution in [-0.2, 0) is 19.1 Å². The van der Waals surface area contributed by atoms with Crippen LogP contribution in [-0.4, -0.2) is 43.3 Å². The second-order valence-corrected chi connectivity index (χ2v) is 7.88. The maximum absolute atomic E-state index is 12.8. The van der Waals surface area contributed by atoms with Crippen LogP contribution in [0.4, 0.5) is 4.79 Å². The number of alkyl carbamates (subject to hydrolysis) is 1. The van der Waals surface area contributed by atoms with Gasteiger partial charge in [0.05, 0.1) is 13.2 Å². The molecular formula is C22H42N2O5. The lowest BCUT2D eigenvalue weighted by molar-refractivity contribution is -0.148. The lowest BCUT2D eigenvalue weighted by Crippen LogP contribution is -2.52. The third kappa shape index (κ3) is 13.9. The number of amides is 2. The lowest BCUT2D eigenvalue weighted by Gasteiger charge is -2.22. The third-order valence-electron chi connectivity index (χ3n) is 4.51. The van der Waals surface area contributed by atoms with Crippen molar-refractivity contribution in [3.05, 3.63) is 0 Å². The van der Waals surface area contributed by atoms with Crippen LogP contribution in [0.3, 0.4) is 0 Å². The van der Waals surface area contributed by atoms with E-state index in [9.17, 15) is 14.4 Å². The number of ether oxygens (including phenoxy) is 2. The Kier molecular flexibility index (Phi) is 16.0. The number of nitrogens with one attached hydrogen (secondary N) is 2. The molecule has 0 saturated heterocycles. The summed E-state index contributed by atoms with van der Waals surface area (Å²) < 4.78 is 10.4. The van der Waals surface area contributed by atoms with Crippen molar-refractivity contribution in [2.45, 2.75) is 104 Å². The topological polar surface area (TPSA) is 93.7 Å². The van der Waals surface area contributed by atoms with Gasteiger partial charge < -0.3 is 20.1 Å². The van der Waals surface area contributed by atoms with Crippen LogP contribution in [0.25, 0.3) is 0 Å². The Balaban J connectivity index is 4.86. The van der Waals surface area contributed by atoms with Crippen LogP contribution < -0.4 is 10.6 Å². The molecule has 0 aliphatic rings. The number of unbranched alkanes of at least 4 members (excludes halogenated alkanes) is 2. The molecule has 2 unspecified atom stereocenters. The average Bonchev–Trinajstić information content (AvgIpc) is 2.69. The standard InChI is InChI=1S/C22H42N2O5/c1-6-9-13-18(24-22(27)29-15-8-3)20(25)23-19(14-10-7-2)21(26)28-16-11-12-17(4)5/h17-19H,6-16H2,1-5H3,(H,23,25)(H,24,27). The summed E-state index contributed by atoms with van der Waals surface area (Å²) in [7, 11) is 0. The normalized spacial score (nSPS) is 12.9. The van der Waals surface area contributed by atoms with Crippen molar-refractivity contribution in [2.75, 3.05) is 13.2 Å². The molecule has 2 N–H and O–H groups in total. The molecule has 0 aliphatic carbocycles. The summed E-state index contributed by atoms with van der Waals surface area (Å²) in [6, 6.07) is -1.42. The average molecular weight is 415 g/mol. The van der Waals surface area contributed by atoms with Crippen LogP contribution in [0.1, 0.15) is 92.4 Å². The fourth-order valence-electron chi connectivity index (χ4n) is 2.75. The molecule has 0 spiro atoms. The van der Waals surface area contributed by atoms with E-state index in [1.807, 2.05) is 20.8 Å². The first-order chi connectivity index (χ1) is 13.8. The van der Waals surface area contributed by atoms with Gasteiger partial charge >= 0.3 is 12.1 Å². The molecule has 0 saturated carbocycles. The molecule has 0 bridgehead atoms. The zero-order chi connectivity index (χ0) is 22.1. The predicted octanol–water partition coefficient (Wildman–Crippen LogP) is 4.34. The first kappa shape index (κ1) is 27.2. The Hall–Kier alpha value is -1.79.